The molecule has 10 heteroatoms. The van der Waals surface area contributed by atoms with Gasteiger partial charge in [-0.15, -0.1) is 0 Å². The Kier molecular flexibility index (Phi) is 8.16. The minimum atomic E-state index is -3.94. The van der Waals surface area contributed by atoms with Crippen molar-refractivity contribution in [1.29, 1.82) is 0 Å². The van der Waals surface area contributed by atoms with Crippen molar-refractivity contribution in [2.24, 2.45) is 0 Å². The zero-order chi connectivity index (χ0) is 20.1. The van der Waals surface area contributed by atoms with Crippen molar-refractivity contribution < 1.29 is 27.4 Å². The molecule has 0 aromatic heterocycles. The molecule has 148 valence electrons. The summed E-state index contributed by atoms with van der Waals surface area (Å²) in [6.45, 7) is 4.97. The number of carbonyl (C=O) groups excluding carboxylic acids is 1. The Bertz CT molecular complexity index is 723. The van der Waals surface area contributed by atoms with Gasteiger partial charge in [-0.05, 0) is 20.8 Å². The molecule has 0 unspecified atom stereocenters. The smallest absolute Gasteiger partial charge is 0.332 e. The van der Waals surface area contributed by atoms with Crippen LogP contribution in [0.3, 0.4) is 0 Å². The highest BCUT2D eigenvalue weighted by molar-refractivity contribution is 7.89. The first kappa shape index (κ1) is 23.0. The summed E-state index contributed by atoms with van der Waals surface area (Å²) in [7, 11) is -1.15. The number of ether oxygens (including phenoxy) is 3. The number of methoxy groups -OCH3 is 1. The first-order valence-corrected chi connectivity index (χ1v) is 9.87. The standard InChI is InChI=1S/C16H23Cl2NO6S/c1-16(2,3)25-14(20)10-24-7-6-19(4)26(21,22)15-12(17)8-11(23-5)9-13(15)18/h8-9H,6-7,10H2,1-5H3. The van der Waals surface area contributed by atoms with Crippen LogP contribution in [0.5, 0.6) is 5.75 Å². The first-order chi connectivity index (χ1) is 11.9. The number of sulfonamides is 1. The molecule has 0 fully saturated rings. The number of likely N-dealkylation sites (N-methyl/N-ethyl adjacent to an activating group) is 1. The summed E-state index contributed by atoms with van der Waals surface area (Å²) in [5, 5.41) is -0.0910. The first-order valence-electron chi connectivity index (χ1n) is 7.67. The average Bonchev–Trinajstić information content (AvgIpc) is 2.48. The second-order valence-electron chi connectivity index (χ2n) is 6.39. The van der Waals surface area contributed by atoms with E-state index in [2.05, 4.69) is 0 Å². The fourth-order valence-corrected chi connectivity index (χ4v) is 4.19. The van der Waals surface area contributed by atoms with Crippen LogP contribution in [0.4, 0.5) is 0 Å². The van der Waals surface area contributed by atoms with E-state index >= 15 is 0 Å². The van der Waals surface area contributed by atoms with E-state index in [1.165, 1.54) is 26.3 Å². The van der Waals surface area contributed by atoms with Crippen molar-refractivity contribution in [3.05, 3.63) is 22.2 Å². The van der Waals surface area contributed by atoms with Crippen molar-refractivity contribution >= 4 is 39.2 Å². The van der Waals surface area contributed by atoms with E-state index in [-0.39, 0.29) is 34.7 Å². The lowest BCUT2D eigenvalue weighted by Gasteiger charge is -2.20. The number of hydrogen-bond acceptors (Lipinski definition) is 6. The highest BCUT2D eigenvalue weighted by Crippen LogP contribution is 2.35. The molecule has 0 aliphatic rings. The Morgan fingerprint density at radius 1 is 1.19 bits per heavy atom. The minimum Gasteiger partial charge on any atom is -0.497 e. The predicted molar refractivity (Wildman–Crippen MR) is 99.5 cm³/mol. The molecular formula is C16H23Cl2NO6S. The van der Waals surface area contributed by atoms with Gasteiger partial charge in [-0.2, -0.15) is 4.31 Å². The summed E-state index contributed by atoms with van der Waals surface area (Å²) >= 11 is 12.1. The molecule has 7 nitrogen and oxygen atoms in total. The van der Waals surface area contributed by atoms with Gasteiger partial charge in [-0.3, -0.25) is 0 Å². The number of nitrogens with zero attached hydrogens (tertiary/aromatic N) is 1. The van der Waals surface area contributed by atoms with Crippen LogP contribution in [0.1, 0.15) is 20.8 Å². The van der Waals surface area contributed by atoms with E-state index in [4.69, 9.17) is 37.4 Å². The van der Waals surface area contributed by atoms with Crippen LogP contribution in [-0.4, -0.2) is 58.2 Å². The normalized spacial score (nSPS) is 12.3. The van der Waals surface area contributed by atoms with Crippen molar-refractivity contribution in [2.75, 3.05) is 33.9 Å². The molecule has 0 bridgehead atoms. The molecule has 26 heavy (non-hydrogen) atoms. The van der Waals surface area contributed by atoms with Crippen molar-refractivity contribution in [2.45, 2.75) is 31.3 Å². The fraction of sp³-hybridized carbons (Fsp3) is 0.562. The number of esters is 1. The third-order valence-electron chi connectivity index (χ3n) is 3.07. The number of hydrogen-bond donors (Lipinski definition) is 0. The second kappa shape index (κ2) is 9.23. The molecule has 0 heterocycles. The summed E-state index contributed by atoms with van der Waals surface area (Å²) in [4.78, 5) is 11.3. The Morgan fingerprint density at radius 2 is 1.73 bits per heavy atom. The lowest BCUT2D eigenvalue weighted by molar-refractivity contribution is -0.160. The number of rotatable bonds is 8. The molecule has 0 aliphatic carbocycles. The molecule has 0 amide bonds. The molecule has 0 atom stereocenters. The van der Waals surface area contributed by atoms with Crippen molar-refractivity contribution in [3.8, 4) is 5.75 Å². The third-order valence-corrected chi connectivity index (χ3v) is 5.85. The quantitative estimate of drug-likeness (QED) is 0.468. The van der Waals surface area contributed by atoms with Crippen molar-refractivity contribution in [3.63, 3.8) is 0 Å². The Balaban J connectivity index is 2.70. The highest BCUT2D eigenvalue weighted by Gasteiger charge is 2.27. The molecule has 1 rings (SSSR count). The topological polar surface area (TPSA) is 82.1 Å². The summed E-state index contributed by atoms with van der Waals surface area (Å²) in [6.07, 6.45) is 0. The molecule has 1 aromatic carbocycles. The fourth-order valence-electron chi connectivity index (χ4n) is 1.90. The van der Waals surface area contributed by atoms with Gasteiger partial charge >= 0.3 is 5.97 Å². The molecule has 0 saturated heterocycles. The minimum absolute atomic E-state index is 0.000363. The van der Waals surface area contributed by atoms with E-state index in [9.17, 15) is 13.2 Å². The Morgan fingerprint density at radius 3 is 2.19 bits per heavy atom. The van der Waals surface area contributed by atoms with Crippen LogP contribution in [0.15, 0.2) is 17.0 Å². The summed E-state index contributed by atoms with van der Waals surface area (Å²) in [5.41, 5.74) is -0.609. The van der Waals surface area contributed by atoms with Gasteiger partial charge < -0.3 is 14.2 Å². The molecular weight excluding hydrogens is 405 g/mol. The molecule has 0 saturated carbocycles. The maximum absolute atomic E-state index is 12.7. The molecule has 1 aromatic rings. The molecule has 0 N–H and O–H groups in total. The van der Waals surface area contributed by atoms with Crippen LogP contribution in [0.25, 0.3) is 0 Å². The van der Waals surface area contributed by atoms with Crippen LogP contribution < -0.4 is 4.74 Å². The van der Waals surface area contributed by atoms with E-state index in [0.29, 0.717) is 5.75 Å². The summed E-state index contributed by atoms with van der Waals surface area (Å²) in [5.74, 6) is -0.174. The number of halogens is 2. The third kappa shape index (κ3) is 6.59. The zero-order valence-electron chi connectivity index (χ0n) is 15.3. The van der Waals surface area contributed by atoms with Crippen LogP contribution in [0.2, 0.25) is 10.0 Å². The molecule has 0 spiro atoms. The van der Waals surface area contributed by atoms with Crippen LogP contribution in [-0.2, 0) is 24.3 Å². The Labute approximate surface area is 164 Å². The SMILES string of the molecule is COc1cc(Cl)c(S(=O)(=O)N(C)CCOCC(=O)OC(C)(C)C)c(Cl)c1. The Hall–Kier alpha value is -1.06. The molecule has 0 aliphatic heterocycles. The van der Waals surface area contributed by atoms with Gasteiger partial charge in [0.2, 0.25) is 10.0 Å². The summed E-state index contributed by atoms with van der Waals surface area (Å²) in [6, 6.07) is 2.74. The maximum Gasteiger partial charge on any atom is 0.332 e. The lowest BCUT2D eigenvalue weighted by atomic mass is 10.2. The predicted octanol–water partition coefficient (Wildman–Crippen LogP) is 2.98. The zero-order valence-corrected chi connectivity index (χ0v) is 17.7. The molecule has 0 radical (unpaired) electrons. The second-order valence-corrected chi connectivity index (χ2v) is 9.18. The van der Waals surface area contributed by atoms with E-state index in [0.717, 1.165) is 4.31 Å². The van der Waals surface area contributed by atoms with Gasteiger partial charge in [-0.25, -0.2) is 13.2 Å². The van der Waals surface area contributed by atoms with Gasteiger partial charge in [0.1, 0.15) is 22.9 Å². The van der Waals surface area contributed by atoms with Gasteiger partial charge in [0.25, 0.3) is 0 Å². The van der Waals surface area contributed by atoms with Crippen LogP contribution in [0, 0.1) is 0 Å². The van der Waals surface area contributed by atoms with E-state index < -0.39 is 21.6 Å². The monoisotopic (exact) mass is 427 g/mol. The van der Waals surface area contributed by atoms with E-state index in [1.807, 2.05) is 0 Å². The maximum atomic E-state index is 12.7. The van der Waals surface area contributed by atoms with Gasteiger partial charge in [-0.1, -0.05) is 23.2 Å². The van der Waals surface area contributed by atoms with Gasteiger partial charge in [0.05, 0.1) is 23.8 Å². The largest absolute Gasteiger partial charge is 0.497 e. The van der Waals surface area contributed by atoms with Crippen molar-refractivity contribution in [1.82, 2.24) is 4.31 Å². The van der Waals surface area contributed by atoms with Gasteiger partial charge in [0, 0.05) is 25.7 Å². The van der Waals surface area contributed by atoms with E-state index in [1.54, 1.807) is 20.8 Å². The summed E-state index contributed by atoms with van der Waals surface area (Å²) < 4.78 is 41.6. The van der Waals surface area contributed by atoms with Crippen LogP contribution >= 0.6 is 23.2 Å². The lowest BCUT2D eigenvalue weighted by Crippen LogP contribution is -2.32. The highest BCUT2D eigenvalue weighted by atomic mass is 35.5. The van der Waals surface area contributed by atoms with Gasteiger partial charge in [0.15, 0.2) is 0 Å². The number of carbonyl (C=O) groups is 1. The number of benzene rings is 1. The average molecular weight is 428 g/mol.